The van der Waals surface area contributed by atoms with Gasteiger partial charge >= 0.3 is 0 Å². The SMILES string of the molecule is N=N/C(=C\Nc1ccc(OC2CC2)cc1F)COc1cccc2c1CN(C1CCC(=O)NC1=O)C2=O. The van der Waals surface area contributed by atoms with Gasteiger partial charge in [0.25, 0.3) is 5.91 Å². The number of benzene rings is 2. The molecule has 2 aliphatic heterocycles. The third-order valence-electron chi connectivity index (χ3n) is 6.22. The standard InChI is InChI=1S/C25H24FN5O5/c26-19-10-16(36-15-4-5-15)6-7-20(19)28-11-14(30-27)13-35-22-3-1-2-17-18(22)12-31(25(17)34)21-8-9-23(32)29-24(21)33/h1-3,6-7,10-11,15,21,27-28H,4-5,8-9,12-13H2,(H,29,32,33)/b14-11-,30-27?. The van der Waals surface area contributed by atoms with Crippen molar-refractivity contribution in [3.05, 3.63) is 65.2 Å². The zero-order valence-electron chi connectivity index (χ0n) is 19.3. The zero-order valence-corrected chi connectivity index (χ0v) is 19.3. The monoisotopic (exact) mass is 493 g/mol. The summed E-state index contributed by atoms with van der Waals surface area (Å²) in [5, 5.41) is 8.51. The number of anilines is 1. The first kappa shape index (κ1) is 23.5. The van der Waals surface area contributed by atoms with E-state index in [0.717, 1.165) is 12.8 Å². The Morgan fingerprint density at radius 1 is 1.22 bits per heavy atom. The van der Waals surface area contributed by atoms with E-state index in [1.807, 2.05) is 0 Å². The molecule has 1 saturated carbocycles. The highest BCUT2D eigenvalue weighted by Crippen LogP contribution is 2.34. The second kappa shape index (κ2) is 9.76. The topological polar surface area (TPSA) is 133 Å². The summed E-state index contributed by atoms with van der Waals surface area (Å²) < 4.78 is 25.8. The summed E-state index contributed by atoms with van der Waals surface area (Å²) in [4.78, 5) is 38.1. The van der Waals surface area contributed by atoms with Crippen molar-refractivity contribution in [1.29, 1.82) is 5.53 Å². The van der Waals surface area contributed by atoms with Gasteiger partial charge in [-0.1, -0.05) is 6.07 Å². The van der Waals surface area contributed by atoms with Crippen molar-refractivity contribution in [2.45, 2.75) is 44.4 Å². The van der Waals surface area contributed by atoms with E-state index in [4.69, 9.17) is 15.0 Å². The number of fused-ring (bicyclic) bond motifs is 1. The highest BCUT2D eigenvalue weighted by atomic mass is 19.1. The molecule has 1 aliphatic carbocycles. The summed E-state index contributed by atoms with van der Waals surface area (Å²) in [6.07, 6.45) is 3.93. The maximum Gasteiger partial charge on any atom is 0.255 e. The minimum atomic E-state index is -0.727. The predicted molar refractivity (Wildman–Crippen MR) is 125 cm³/mol. The van der Waals surface area contributed by atoms with Crippen LogP contribution in [0.1, 0.15) is 41.6 Å². The number of nitrogens with zero attached hydrogens (tertiary/aromatic N) is 2. The lowest BCUT2D eigenvalue weighted by Gasteiger charge is -2.29. The van der Waals surface area contributed by atoms with E-state index in [-0.39, 0.29) is 55.3 Å². The van der Waals surface area contributed by atoms with Crippen LogP contribution in [0.25, 0.3) is 0 Å². The fourth-order valence-corrected chi connectivity index (χ4v) is 4.18. The number of amides is 3. The minimum absolute atomic E-state index is 0.107. The largest absolute Gasteiger partial charge is 0.490 e. The molecular weight excluding hydrogens is 469 g/mol. The Balaban J connectivity index is 1.24. The second-order valence-corrected chi connectivity index (χ2v) is 8.82. The average molecular weight is 493 g/mol. The van der Waals surface area contributed by atoms with Crippen LogP contribution in [-0.4, -0.2) is 41.4 Å². The molecule has 1 saturated heterocycles. The molecule has 2 fully saturated rings. The second-order valence-electron chi connectivity index (χ2n) is 8.82. The number of halogens is 1. The Kier molecular flexibility index (Phi) is 6.36. The molecule has 0 aromatic heterocycles. The average Bonchev–Trinajstić information content (AvgIpc) is 3.61. The van der Waals surface area contributed by atoms with E-state index in [0.29, 0.717) is 22.6 Å². The van der Waals surface area contributed by atoms with Crippen LogP contribution in [0.4, 0.5) is 10.1 Å². The lowest BCUT2D eigenvalue weighted by atomic mass is 10.0. The lowest BCUT2D eigenvalue weighted by Crippen LogP contribution is -2.52. The van der Waals surface area contributed by atoms with Gasteiger partial charge in [-0.15, -0.1) is 0 Å². The summed E-state index contributed by atoms with van der Waals surface area (Å²) in [6.45, 7) is 0.0521. The number of ether oxygens (including phenoxy) is 2. The van der Waals surface area contributed by atoms with Crippen LogP contribution in [0, 0.1) is 11.3 Å². The smallest absolute Gasteiger partial charge is 0.255 e. The number of rotatable bonds is 9. The Morgan fingerprint density at radius 2 is 2.06 bits per heavy atom. The fourth-order valence-electron chi connectivity index (χ4n) is 4.18. The van der Waals surface area contributed by atoms with Crippen molar-refractivity contribution in [3.63, 3.8) is 0 Å². The summed E-state index contributed by atoms with van der Waals surface area (Å²) >= 11 is 0. The van der Waals surface area contributed by atoms with E-state index in [9.17, 15) is 18.8 Å². The highest BCUT2D eigenvalue weighted by Gasteiger charge is 2.40. The van der Waals surface area contributed by atoms with Crippen LogP contribution in [0.5, 0.6) is 11.5 Å². The van der Waals surface area contributed by atoms with Gasteiger partial charge in [0.2, 0.25) is 11.8 Å². The van der Waals surface area contributed by atoms with Gasteiger partial charge in [-0.3, -0.25) is 19.7 Å². The van der Waals surface area contributed by atoms with Crippen molar-refractivity contribution in [2.75, 3.05) is 11.9 Å². The molecule has 5 rings (SSSR count). The summed E-state index contributed by atoms with van der Waals surface area (Å²) in [5.74, 6) is -0.757. The molecule has 0 bridgehead atoms. The third-order valence-corrected chi connectivity index (χ3v) is 6.22. The molecule has 0 spiro atoms. The van der Waals surface area contributed by atoms with Gasteiger partial charge in [-0.25, -0.2) is 9.92 Å². The number of hydrogen-bond donors (Lipinski definition) is 3. The summed E-state index contributed by atoms with van der Waals surface area (Å²) in [5.41, 5.74) is 8.86. The van der Waals surface area contributed by atoms with Crippen LogP contribution >= 0.6 is 0 Å². The van der Waals surface area contributed by atoms with Crippen LogP contribution in [0.15, 0.2) is 53.4 Å². The summed E-state index contributed by atoms with van der Waals surface area (Å²) in [6, 6.07) is 8.81. The van der Waals surface area contributed by atoms with Gasteiger partial charge in [0, 0.05) is 29.8 Å². The van der Waals surface area contributed by atoms with Gasteiger partial charge in [-0.2, -0.15) is 5.11 Å². The Morgan fingerprint density at radius 3 is 2.78 bits per heavy atom. The van der Waals surface area contributed by atoms with Gasteiger partial charge in [-0.05, 0) is 43.5 Å². The number of imide groups is 1. The summed E-state index contributed by atoms with van der Waals surface area (Å²) in [7, 11) is 0. The molecule has 186 valence electrons. The number of hydrogen-bond acceptors (Lipinski definition) is 8. The molecule has 3 N–H and O–H groups in total. The quantitative estimate of drug-likeness (QED) is 0.362. The lowest BCUT2D eigenvalue weighted by molar-refractivity contribution is -0.136. The molecule has 2 aromatic rings. The van der Waals surface area contributed by atoms with Crippen molar-refractivity contribution < 1.29 is 28.2 Å². The first-order valence-corrected chi connectivity index (χ1v) is 11.6. The molecular formula is C25H24FN5O5. The number of carbonyl (C=O) groups excluding carboxylic acids is 3. The number of nitrogens with one attached hydrogen (secondary N) is 3. The maximum atomic E-state index is 14.4. The highest BCUT2D eigenvalue weighted by molar-refractivity contribution is 6.05. The van der Waals surface area contributed by atoms with Gasteiger partial charge in [0.05, 0.1) is 18.3 Å². The number of carbonyl (C=O) groups is 3. The zero-order chi connectivity index (χ0) is 25.2. The van der Waals surface area contributed by atoms with Gasteiger partial charge in [0.15, 0.2) is 0 Å². The molecule has 11 heteroatoms. The van der Waals surface area contributed by atoms with Gasteiger partial charge in [0.1, 0.15) is 35.7 Å². The predicted octanol–water partition coefficient (Wildman–Crippen LogP) is 3.49. The van der Waals surface area contributed by atoms with E-state index < -0.39 is 17.8 Å². The van der Waals surface area contributed by atoms with Crippen molar-refractivity contribution >= 4 is 23.4 Å². The van der Waals surface area contributed by atoms with E-state index in [2.05, 4.69) is 15.7 Å². The fraction of sp³-hybridized carbons (Fsp3) is 0.320. The van der Waals surface area contributed by atoms with Crippen molar-refractivity contribution in [2.24, 2.45) is 5.11 Å². The molecule has 1 atom stereocenters. The molecule has 1 unspecified atom stereocenters. The van der Waals surface area contributed by atoms with E-state index in [1.54, 1.807) is 30.3 Å². The van der Waals surface area contributed by atoms with Crippen LogP contribution < -0.4 is 20.1 Å². The van der Waals surface area contributed by atoms with E-state index in [1.165, 1.54) is 17.2 Å². The normalized spacial score (nSPS) is 19.6. The van der Waals surface area contributed by atoms with Crippen LogP contribution in [0.2, 0.25) is 0 Å². The molecule has 2 aromatic carbocycles. The number of piperidine rings is 1. The van der Waals surface area contributed by atoms with Crippen molar-refractivity contribution in [1.82, 2.24) is 10.2 Å². The van der Waals surface area contributed by atoms with Crippen LogP contribution in [-0.2, 0) is 16.1 Å². The first-order chi connectivity index (χ1) is 17.4. The maximum absolute atomic E-state index is 14.4. The Bertz CT molecular complexity index is 1280. The molecule has 3 amide bonds. The molecule has 2 heterocycles. The molecule has 10 nitrogen and oxygen atoms in total. The molecule has 0 radical (unpaired) electrons. The van der Waals surface area contributed by atoms with E-state index >= 15 is 0 Å². The first-order valence-electron chi connectivity index (χ1n) is 11.6. The van der Waals surface area contributed by atoms with Crippen molar-refractivity contribution in [3.8, 4) is 11.5 Å². The third kappa shape index (κ3) is 4.90. The molecule has 36 heavy (non-hydrogen) atoms. The Hall–Kier alpha value is -4.28. The Labute approximate surface area is 205 Å². The van der Waals surface area contributed by atoms with Gasteiger partial charge < -0.3 is 19.7 Å². The van der Waals surface area contributed by atoms with Crippen LogP contribution in [0.3, 0.4) is 0 Å². The minimum Gasteiger partial charge on any atom is -0.490 e. The molecule has 3 aliphatic rings.